The number of aliphatic hydroxyl groups excluding tert-OH is 1. The molecule has 0 bridgehead atoms. The summed E-state index contributed by atoms with van der Waals surface area (Å²) in [6.07, 6.45) is 5.58. The van der Waals surface area contributed by atoms with E-state index in [0.717, 1.165) is 37.3 Å². The number of amides is 3. The van der Waals surface area contributed by atoms with Gasteiger partial charge in [0, 0.05) is 50.3 Å². The van der Waals surface area contributed by atoms with Crippen molar-refractivity contribution in [1.82, 2.24) is 19.4 Å². The predicted molar refractivity (Wildman–Crippen MR) is 106 cm³/mol. The van der Waals surface area contributed by atoms with Gasteiger partial charge in [0.15, 0.2) is 0 Å². The molecule has 0 spiro atoms. The van der Waals surface area contributed by atoms with Crippen molar-refractivity contribution in [2.45, 2.75) is 26.3 Å². The molecule has 2 heterocycles. The lowest BCUT2D eigenvalue weighted by Crippen LogP contribution is -2.37. The van der Waals surface area contributed by atoms with Crippen molar-refractivity contribution < 1.29 is 14.7 Å². The van der Waals surface area contributed by atoms with E-state index in [1.54, 1.807) is 18.3 Å². The summed E-state index contributed by atoms with van der Waals surface area (Å²) in [5, 5.41) is 12.2. The zero-order valence-electron chi connectivity index (χ0n) is 16.4. The number of nitrogens with zero attached hydrogens (tertiary/aromatic N) is 4. The van der Waals surface area contributed by atoms with Crippen LogP contribution in [0.1, 0.15) is 34.6 Å². The molecule has 1 aliphatic rings. The summed E-state index contributed by atoms with van der Waals surface area (Å²) in [5.74, 6) is 0.766. The summed E-state index contributed by atoms with van der Waals surface area (Å²) in [6, 6.07) is 5.00. The van der Waals surface area contributed by atoms with E-state index in [9.17, 15) is 14.7 Å². The van der Waals surface area contributed by atoms with Crippen LogP contribution in [0.5, 0.6) is 0 Å². The van der Waals surface area contributed by atoms with Gasteiger partial charge < -0.3 is 24.8 Å². The highest BCUT2D eigenvalue weighted by Crippen LogP contribution is 2.20. The van der Waals surface area contributed by atoms with Crippen LogP contribution in [0.4, 0.5) is 10.5 Å². The van der Waals surface area contributed by atoms with E-state index < -0.39 is 0 Å². The number of urea groups is 1. The molecular weight excluding hydrogens is 358 g/mol. The van der Waals surface area contributed by atoms with Gasteiger partial charge in [0.1, 0.15) is 5.82 Å². The van der Waals surface area contributed by atoms with Crippen molar-refractivity contribution in [3.05, 3.63) is 47.5 Å². The SMILES string of the molecule is Cc1cc(C(=O)N2CCCC2)ccc1NC(=O)N(CCO)Cc1nccn1C. The average molecular weight is 385 g/mol. The average Bonchev–Trinajstić information content (AvgIpc) is 3.34. The van der Waals surface area contributed by atoms with Crippen LogP contribution < -0.4 is 5.32 Å². The number of hydrogen-bond donors (Lipinski definition) is 2. The van der Waals surface area contributed by atoms with Crippen LogP contribution in [0.15, 0.2) is 30.6 Å². The van der Waals surface area contributed by atoms with Crippen LogP contribution in [0.25, 0.3) is 0 Å². The molecular formula is C20H27N5O3. The number of imidazole rings is 1. The molecule has 0 aliphatic carbocycles. The van der Waals surface area contributed by atoms with E-state index in [0.29, 0.717) is 17.8 Å². The third-order valence-electron chi connectivity index (χ3n) is 5.02. The molecule has 2 aromatic rings. The maximum absolute atomic E-state index is 12.7. The third-order valence-corrected chi connectivity index (χ3v) is 5.02. The second kappa shape index (κ2) is 8.88. The van der Waals surface area contributed by atoms with Gasteiger partial charge in [0.2, 0.25) is 0 Å². The summed E-state index contributed by atoms with van der Waals surface area (Å²) >= 11 is 0. The van der Waals surface area contributed by atoms with Gasteiger partial charge in [0.05, 0.1) is 13.2 Å². The van der Waals surface area contributed by atoms with Gasteiger partial charge in [-0.15, -0.1) is 0 Å². The highest BCUT2D eigenvalue weighted by atomic mass is 16.3. The van der Waals surface area contributed by atoms with Crippen LogP contribution in [0.3, 0.4) is 0 Å². The molecule has 28 heavy (non-hydrogen) atoms. The second-order valence-electron chi connectivity index (χ2n) is 7.06. The van der Waals surface area contributed by atoms with E-state index in [1.165, 1.54) is 4.90 Å². The Morgan fingerprint density at radius 3 is 2.64 bits per heavy atom. The zero-order valence-corrected chi connectivity index (χ0v) is 16.4. The summed E-state index contributed by atoms with van der Waals surface area (Å²) in [7, 11) is 1.86. The lowest BCUT2D eigenvalue weighted by molar-refractivity contribution is 0.0792. The Morgan fingerprint density at radius 2 is 2.04 bits per heavy atom. The number of hydrogen-bond acceptors (Lipinski definition) is 4. The maximum Gasteiger partial charge on any atom is 0.322 e. The third kappa shape index (κ3) is 4.51. The molecule has 3 amide bonds. The number of anilines is 1. The topological polar surface area (TPSA) is 90.7 Å². The largest absolute Gasteiger partial charge is 0.395 e. The number of aromatic nitrogens is 2. The fourth-order valence-electron chi connectivity index (χ4n) is 3.33. The van der Waals surface area contributed by atoms with Crippen molar-refractivity contribution in [3.63, 3.8) is 0 Å². The first-order chi connectivity index (χ1) is 13.5. The standard InChI is InChI=1S/C20H27N5O3/c1-15-13-16(19(27)24-8-3-4-9-24)5-6-17(15)22-20(28)25(11-12-26)14-18-21-7-10-23(18)2/h5-7,10,13,26H,3-4,8-9,11-12,14H2,1-2H3,(H,22,28). The quantitative estimate of drug-likeness (QED) is 0.796. The summed E-state index contributed by atoms with van der Waals surface area (Å²) in [6.45, 7) is 3.83. The van der Waals surface area contributed by atoms with Crippen molar-refractivity contribution in [2.24, 2.45) is 7.05 Å². The Kier molecular flexibility index (Phi) is 6.30. The molecule has 3 rings (SSSR count). The molecule has 8 nitrogen and oxygen atoms in total. The minimum Gasteiger partial charge on any atom is -0.395 e. The lowest BCUT2D eigenvalue weighted by atomic mass is 10.1. The number of carbonyl (C=O) groups excluding carboxylic acids is 2. The Bertz CT molecular complexity index is 842. The van der Waals surface area contributed by atoms with Crippen LogP contribution in [0, 0.1) is 6.92 Å². The molecule has 150 valence electrons. The highest BCUT2D eigenvalue weighted by Gasteiger charge is 2.21. The van der Waals surface area contributed by atoms with E-state index in [2.05, 4.69) is 10.3 Å². The van der Waals surface area contributed by atoms with Gasteiger partial charge >= 0.3 is 6.03 Å². The van der Waals surface area contributed by atoms with Gasteiger partial charge in [-0.1, -0.05) is 0 Å². The number of aliphatic hydroxyl groups is 1. The van der Waals surface area contributed by atoms with Gasteiger partial charge in [-0.05, 0) is 43.5 Å². The molecule has 1 aromatic heterocycles. The number of likely N-dealkylation sites (tertiary alicyclic amines) is 1. The van der Waals surface area contributed by atoms with Gasteiger partial charge in [-0.25, -0.2) is 9.78 Å². The molecule has 1 saturated heterocycles. The molecule has 1 aromatic carbocycles. The Hall–Kier alpha value is -2.87. The van der Waals surface area contributed by atoms with E-state index in [4.69, 9.17) is 0 Å². The minimum absolute atomic E-state index is 0.0372. The van der Waals surface area contributed by atoms with Crippen molar-refractivity contribution in [1.29, 1.82) is 0 Å². The number of rotatable bonds is 6. The van der Waals surface area contributed by atoms with Crippen LogP contribution >= 0.6 is 0 Å². The number of carbonyl (C=O) groups is 2. The number of aryl methyl sites for hydroxylation is 2. The molecule has 0 radical (unpaired) electrons. The molecule has 0 unspecified atom stereocenters. The fourth-order valence-corrected chi connectivity index (χ4v) is 3.33. The van der Waals surface area contributed by atoms with E-state index in [-0.39, 0.29) is 25.1 Å². The van der Waals surface area contributed by atoms with Gasteiger partial charge in [0.25, 0.3) is 5.91 Å². The van der Waals surface area contributed by atoms with Crippen LogP contribution in [-0.2, 0) is 13.6 Å². The zero-order chi connectivity index (χ0) is 20.1. The Morgan fingerprint density at radius 1 is 1.29 bits per heavy atom. The van der Waals surface area contributed by atoms with E-state index in [1.807, 2.05) is 35.7 Å². The predicted octanol–water partition coefficient (Wildman–Crippen LogP) is 1.99. The molecule has 2 N–H and O–H groups in total. The number of benzene rings is 1. The van der Waals surface area contributed by atoms with Crippen LogP contribution in [-0.4, -0.2) is 62.6 Å². The monoisotopic (exact) mass is 385 g/mol. The van der Waals surface area contributed by atoms with Gasteiger partial charge in [-0.2, -0.15) is 0 Å². The van der Waals surface area contributed by atoms with Crippen molar-refractivity contribution in [2.75, 3.05) is 31.6 Å². The summed E-state index contributed by atoms with van der Waals surface area (Å²) in [4.78, 5) is 32.8. The van der Waals surface area contributed by atoms with Crippen molar-refractivity contribution >= 4 is 17.6 Å². The lowest BCUT2D eigenvalue weighted by Gasteiger charge is -2.23. The Labute approximate surface area is 164 Å². The van der Waals surface area contributed by atoms with Gasteiger partial charge in [-0.3, -0.25) is 4.79 Å². The summed E-state index contributed by atoms with van der Waals surface area (Å²) < 4.78 is 1.83. The molecule has 0 saturated carbocycles. The van der Waals surface area contributed by atoms with Crippen LogP contribution in [0.2, 0.25) is 0 Å². The smallest absolute Gasteiger partial charge is 0.322 e. The normalized spacial score (nSPS) is 13.6. The first-order valence-electron chi connectivity index (χ1n) is 9.52. The van der Waals surface area contributed by atoms with Crippen molar-refractivity contribution in [3.8, 4) is 0 Å². The molecule has 0 atom stereocenters. The minimum atomic E-state index is -0.321. The van der Waals surface area contributed by atoms with E-state index >= 15 is 0 Å². The Balaban J connectivity index is 1.69. The molecule has 1 aliphatic heterocycles. The first-order valence-corrected chi connectivity index (χ1v) is 9.52. The molecule has 1 fully saturated rings. The fraction of sp³-hybridized carbons (Fsp3) is 0.450. The summed E-state index contributed by atoms with van der Waals surface area (Å²) in [5.41, 5.74) is 2.10. The first kappa shape index (κ1) is 19.9. The second-order valence-corrected chi connectivity index (χ2v) is 7.06. The maximum atomic E-state index is 12.7. The molecule has 8 heteroatoms. The number of nitrogens with one attached hydrogen (secondary N) is 1. The highest BCUT2D eigenvalue weighted by molar-refractivity contribution is 5.96.